The summed E-state index contributed by atoms with van der Waals surface area (Å²) in [7, 11) is 1.58. The van der Waals surface area contributed by atoms with Crippen molar-refractivity contribution in [3.8, 4) is 5.75 Å². The van der Waals surface area contributed by atoms with Crippen LogP contribution in [0.3, 0.4) is 0 Å². The van der Waals surface area contributed by atoms with Crippen molar-refractivity contribution in [2.45, 2.75) is 20.5 Å². The lowest BCUT2D eigenvalue weighted by Crippen LogP contribution is -2.41. The van der Waals surface area contributed by atoms with Crippen LogP contribution in [0.25, 0.3) is 0 Å². The van der Waals surface area contributed by atoms with E-state index in [1.54, 1.807) is 48.3 Å². The molecule has 0 radical (unpaired) electrons. The first-order valence-corrected chi connectivity index (χ1v) is 9.29. The maximum Gasteiger partial charge on any atom is 0.387 e. The summed E-state index contributed by atoms with van der Waals surface area (Å²) >= 11 is 0. The lowest BCUT2D eigenvalue weighted by Gasteiger charge is -2.24. The first-order chi connectivity index (χ1) is 13.8. The number of nitrogens with zero attached hydrogens (tertiary/aromatic N) is 2. The van der Waals surface area contributed by atoms with Crippen LogP contribution >= 0.6 is 0 Å². The minimum Gasteiger partial charge on any atom is -0.435 e. The maximum atomic E-state index is 12.9. The van der Waals surface area contributed by atoms with Crippen LogP contribution in [0.1, 0.15) is 24.2 Å². The van der Waals surface area contributed by atoms with E-state index in [1.807, 2.05) is 13.8 Å². The topological polar surface area (TPSA) is 61.9 Å². The lowest BCUT2D eigenvalue weighted by atomic mass is 10.1. The summed E-state index contributed by atoms with van der Waals surface area (Å²) < 4.78 is 28.9. The molecule has 156 valence electrons. The highest BCUT2D eigenvalue weighted by Gasteiger charge is 2.20. The van der Waals surface area contributed by atoms with Crippen LogP contribution in [-0.4, -0.2) is 54.9 Å². The van der Waals surface area contributed by atoms with E-state index < -0.39 is 6.61 Å². The average molecular weight is 405 g/mol. The Morgan fingerprint density at radius 2 is 1.66 bits per heavy atom. The van der Waals surface area contributed by atoms with Gasteiger partial charge in [-0.1, -0.05) is 12.1 Å². The molecule has 0 atom stereocenters. The van der Waals surface area contributed by atoms with Gasteiger partial charge < -0.3 is 19.9 Å². The molecule has 0 heterocycles. The quantitative estimate of drug-likeness (QED) is 0.686. The molecule has 0 spiro atoms. The largest absolute Gasteiger partial charge is 0.435 e. The first-order valence-electron chi connectivity index (χ1n) is 9.29. The molecular weight excluding hydrogens is 380 g/mol. The molecule has 0 aliphatic heterocycles. The zero-order chi connectivity index (χ0) is 21.4. The summed E-state index contributed by atoms with van der Waals surface area (Å²) in [6.07, 6.45) is 0. The molecule has 2 amide bonds. The van der Waals surface area contributed by atoms with Crippen molar-refractivity contribution in [3.63, 3.8) is 0 Å². The summed E-state index contributed by atoms with van der Waals surface area (Å²) in [5, 5.41) is 3.10. The van der Waals surface area contributed by atoms with Crippen molar-refractivity contribution in [1.82, 2.24) is 9.80 Å². The van der Waals surface area contributed by atoms with Gasteiger partial charge in [0.1, 0.15) is 5.75 Å². The summed E-state index contributed by atoms with van der Waals surface area (Å²) in [4.78, 5) is 28.2. The van der Waals surface area contributed by atoms with Gasteiger partial charge in [0.05, 0.1) is 17.8 Å². The highest BCUT2D eigenvalue weighted by molar-refractivity contribution is 6.01. The number of halogens is 2. The zero-order valence-corrected chi connectivity index (χ0v) is 16.7. The number of benzene rings is 2. The van der Waals surface area contributed by atoms with Gasteiger partial charge in [0.2, 0.25) is 5.91 Å². The van der Waals surface area contributed by atoms with E-state index in [4.69, 9.17) is 0 Å². The molecule has 0 saturated heterocycles. The van der Waals surface area contributed by atoms with E-state index in [9.17, 15) is 18.4 Å². The van der Waals surface area contributed by atoms with Crippen LogP contribution < -0.4 is 10.1 Å². The summed E-state index contributed by atoms with van der Waals surface area (Å²) in [6.45, 7) is 2.04. The van der Waals surface area contributed by atoms with E-state index in [2.05, 4.69) is 10.1 Å². The summed E-state index contributed by atoms with van der Waals surface area (Å²) in [5.74, 6) is -0.373. The van der Waals surface area contributed by atoms with Crippen molar-refractivity contribution in [2.24, 2.45) is 0 Å². The van der Waals surface area contributed by atoms with E-state index in [0.29, 0.717) is 30.0 Å². The van der Waals surface area contributed by atoms with Gasteiger partial charge >= 0.3 is 6.61 Å². The number of alkyl halides is 2. The van der Waals surface area contributed by atoms with Gasteiger partial charge in [0.15, 0.2) is 0 Å². The highest BCUT2D eigenvalue weighted by atomic mass is 19.3. The van der Waals surface area contributed by atoms with Crippen LogP contribution in [0.5, 0.6) is 5.75 Å². The number of hydrogen-bond donors (Lipinski definition) is 1. The second kappa shape index (κ2) is 10.4. The fourth-order valence-electron chi connectivity index (χ4n) is 2.81. The monoisotopic (exact) mass is 405 g/mol. The molecule has 0 unspecified atom stereocenters. The Hall–Kier alpha value is -3.16. The van der Waals surface area contributed by atoms with Crippen LogP contribution in [0.4, 0.5) is 20.2 Å². The molecular formula is C21H25F2N3O3. The van der Waals surface area contributed by atoms with Crippen molar-refractivity contribution < 1.29 is 23.1 Å². The predicted octanol–water partition coefficient (Wildman–Crippen LogP) is 3.97. The molecule has 0 aliphatic rings. The third-order valence-electron chi connectivity index (χ3n) is 4.35. The maximum absolute atomic E-state index is 12.9. The van der Waals surface area contributed by atoms with Gasteiger partial charge in [-0.2, -0.15) is 8.78 Å². The number of carbonyl (C=O) groups excluding carboxylic acids is 2. The average Bonchev–Trinajstić information content (AvgIpc) is 2.70. The van der Waals surface area contributed by atoms with Gasteiger partial charge in [-0.15, -0.1) is 0 Å². The number of amides is 2. The SMILES string of the molecule is CCN(CC)C(=O)CN(C)C(=O)c1ccccc1Nc1ccc(OC(F)F)cc1. The number of nitrogens with one attached hydrogen (secondary N) is 1. The fourth-order valence-corrected chi connectivity index (χ4v) is 2.81. The smallest absolute Gasteiger partial charge is 0.387 e. The molecule has 2 aromatic carbocycles. The second-order valence-corrected chi connectivity index (χ2v) is 6.30. The van der Waals surface area contributed by atoms with Crippen LogP contribution in [-0.2, 0) is 4.79 Å². The Morgan fingerprint density at radius 3 is 2.24 bits per heavy atom. The minimum absolute atomic E-state index is 0.0193. The normalized spacial score (nSPS) is 10.6. The van der Waals surface area contributed by atoms with Gasteiger partial charge in [-0.25, -0.2) is 0 Å². The third-order valence-corrected chi connectivity index (χ3v) is 4.35. The molecule has 0 aromatic heterocycles. The van der Waals surface area contributed by atoms with Crippen molar-refractivity contribution in [1.29, 1.82) is 0 Å². The first kappa shape index (κ1) is 22.1. The van der Waals surface area contributed by atoms with Gasteiger partial charge in [-0.05, 0) is 50.2 Å². The molecule has 0 saturated carbocycles. The summed E-state index contributed by atoms with van der Waals surface area (Å²) in [6, 6.07) is 12.9. The van der Waals surface area contributed by atoms with Gasteiger partial charge in [0, 0.05) is 25.8 Å². The number of likely N-dealkylation sites (N-methyl/N-ethyl adjacent to an activating group) is 2. The molecule has 0 bridgehead atoms. The van der Waals surface area contributed by atoms with E-state index in [-0.39, 0.29) is 24.1 Å². The number of rotatable bonds is 9. The van der Waals surface area contributed by atoms with Crippen LogP contribution in [0.15, 0.2) is 48.5 Å². The molecule has 0 fully saturated rings. The Bertz CT molecular complexity index is 824. The van der Waals surface area contributed by atoms with Gasteiger partial charge in [-0.3, -0.25) is 9.59 Å². The third kappa shape index (κ3) is 6.17. The Balaban J connectivity index is 2.13. The van der Waals surface area contributed by atoms with E-state index in [1.165, 1.54) is 17.0 Å². The standard InChI is InChI=1S/C21H25F2N3O3/c1-4-26(5-2)19(27)14-25(3)20(28)17-8-6-7-9-18(17)24-15-10-12-16(13-11-15)29-21(22)23/h6-13,21,24H,4-5,14H2,1-3H3. The number of carbonyl (C=O) groups is 2. The van der Waals surface area contributed by atoms with Crippen LogP contribution in [0, 0.1) is 0 Å². The number of anilines is 2. The molecule has 1 N–H and O–H groups in total. The number of hydrogen-bond acceptors (Lipinski definition) is 4. The number of para-hydroxylation sites is 1. The van der Waals surface area contributed by atoms with E-state index in [0.717, 1.165) is 0 Å². The molecule has 6 nitrogen and oxygen atoms in total. The Kier molecular flexibility index (Phi) is 7.94. The molecule has 8 heteroatoms. The highest BCUT2D eigenvalue weighted by Crippen LogP contribution is 2.24. The van der Waals surface area contributed by atoms with Crippen molar-refractivity contribution in [2.75, 3.05) is 32.0 Å². The van der Waals surface area contributed by atoms with Gasteiger partial charge in [0.25, 0.3) is 5.91 Å². The second-order valence-electron chi connectivity index (χ2n) is 6.30. The summed E-state index contributed by atoms with van der Waals surface area (Å²) in [5.41, 5.74) is 1.55. The predicted molar refractivity (Wildman–Crippen MR) is 108 cm³/mol. The van der Waals surface area contributed by atoms with Crippen LogP contribution in [0.2, 0.25) is 0 Å². The molecule has 0 aliphatic carbocycles. The fraction of sp³-hybridized carbons (Fsp3) is 0.333. The Labute approximate surface area is 169 Å². The van der Waals surface area contributed by atoms with Crippen molar-refractivity contribution >= 4 is 23.2 Å². The van der Waals surface area contributed by atoms with Crippen molar-refractivity contribution in [3.05, 3.63) is 54.1 Å². The Morgan fingerprint density at radius 1 is 1.03 bits per heavy atom. The molecule has 2 rings (SSSR count). The van der Waals surface area contributed by atoms with E-state index >= 15 is 0 Å². The lowest BCUT2D eigenvalue weighted by molar-refractivity contribution is -0.131. The molecule has 29 heavy (non-hydrogen) atoms. The molecule has 2 aromatic rings. The zero-order valence-electron chi connectivity index (χ0n) is 16.7. The number of ether oxygens (including phenoxy) is 1. The minimum atomic E-state index is -2.89.